The zero-order valence-electron chi connectivity index (χ0n) is 13.0. The van der Waals surface area contributed by atoms with E-state index in [9.17, 15) is 10.4 Å². The van der Waals surface area contributed by atoms with Crippen LogP contribution in [-0.4, -0.2) is 32.2 Å². The molecule has 0 amide bonds. The minimum absolute atomic E-state index is 0.0269. The van der Waals surface area contributed by atoms with E-state index in [2.05, 4.69) is 26.3 Å². The summed E-state index contributed by atoms with van der Waals surface area (Å²) < 4.78 is 0. The number of aliphatic hydroxyl groups is 1. The van der Waals surface area contributed by atoms with Gasteiger partial charge in [-0.2, -0.15) is 5.26 Å². The number of aromatic nitrogens is 3. The van der Waals surface area contributed by atoms with Crippen LogP contribution in [0, 0.1) is 18.3 Å². The number of nitrogens with zero attached hydrogens (tertiary/aromatic N) is 4. The summed E-state index contributed by atoms with van der Waals surface area (Å²) in [4.78, 5) is 13.1. The van der Waals surface area contributed by atoms with Crippen molar-refractivity contribution in [2.75, 3.05) is 5.32 Å². The summed E-state index contributed by atoms with van der Waals surface area (Å²) in [7, 11) is 0. The van der Waals surface area contributed by atoms with Crippen LogP contribution in [0.3, 0.4) is 0 Å². The molecule has 0 spiro atoms. The Hall–Kier alpha value is -2.52. The van der Waals surface area contributed by atoms with E-state index in [4.69, 9.17) is 0 Å². The van der Waals surface area contributed by atoms with Gasteiger partial charge in [-0.05, 0) is 43.9 Å². The smallest absolute Gasteiger partial charge is 0.223 e. The zero-order valence-corrected chi connectivity index (χ0v) is 13.0. The Bertz CT molecular complexity index is 713. The highest BCUT2D eigenvalue weighted by atomic mass is 16.3. The molecule has 1 fully saturated rings. The molecule has 0 aliphatic heterocycles. The molecule has 6 heteroatoms. The van der Waals surface area contributed by atoms with E-state index < -0.39 is 5.92 Å². The molecular formula is C17H19N5O. The lowest BCUT2D eigenvalue weighted by atomic mass is 9.99. The normalized spacial score (nSPS) is 21.6. The van der Waals surface area contributed by atoms with Crippen molar-refractivity contribution < 1.29 is 5.11 Å². The molecule has 0 bridgehead atoms. The van der Waals surface area contributed by atoms with Crippen LogP contribution in [0.2, 0.25) is 0 Å². The maximum absolute atomic E-state index is 9.93. The van der Waals surface area contributed by atoms with Crippen LogP contribution in [0.15, 0.2) is 30.6 Å². The van der Waals surface area contributed by atoms with Crippen LogP contribution < -0.4 is 5.32 Å². The topological polar surface area (TPSA) is 94.7 Å². The Kier molecular flexibility index (Phi) is 4.49. The van der Waals surface area contributed by atoms with Crippen molar-refractivity contribution >= 4 is 5.95 Å². The lowest BCUT2D eigenvalue weighted by Gasteiger charge is -2.18. The van der Waals surface area contributed by atoms with Crippen LogP contribution in [0.25, 0.3) is 0 Å². The number of hydrogen-bond acceptors (Lipinski definition) is 6. The van der Waals surface area contributed by atoms with Gasteiger partial charge in [-0.3, -0.25) is 4.98 Å². The van der Waals surface area contributed by atoms with Crippen LogP contribution in [0.5, 0.6) is 0 Å². The second-order valence-electron chi connectivity index (χ2n) is 5.83. The van der Waals surface area contributed by atoms with E-state index in [1.54, 1.807) is 12.4 Å². The quantitative estimate of drug-likeness (QED) is 0.898. The number of hydrogen-bond donors (Lipinski definition) is 2. The Labute approximate surface area is 135 Å². The summed E-state index contributed by atoms with van der Waals surface area (Å²) in [6.07, 6.45) is 5.70. The molecule has 3 atom stereocenters. The van der Waals surface area contributed by atoms with Gasteiger partial charge >= 0.3 is 0 Å². The van der Waals surface area contributed by atoms with E-state index in [0.717, 1.165) is 24.8 Å². The monoisotopic (exact) mass is 309 g/mol. The summed E-state index contributed by atoms with van der Waals surface area (Å²) in [5, 5.41) is 22.7. The van der Waals surface area contributed by atoms with Gasteiger partial charge in [0, 0.05) is 12.4 Å². The Balaban J connectivity index is 1.89. The van der Waals surface area contributed by atoms with Crippen LogP contribution >= 0.6 is 0 Å². The number of pyridine rings is 1. The summed E-state index contributed by atoms with van der Waals surface area (Å²) in [5.41, 5.74) is 2.17. The van der Waals surface area contributed by atoms with Crippen molar-refractivity contribution in [3.8, 4) is 6.07 Å². The average molecular weight is 309 g/mol. The third kappa shape index (κ3) is 3.30. The number of aryl methyl sites for hydroxylation is 1. The molecule has 2 aromatic heterocycles. The number of rotatable bonds is 4. The van der Waals surface area contributed by atoms with Crippen molar-refractivity contribution in [2.24, 2.45) is 0 Å². The largest absolute Gasteiger partial charge is 0.391 e. The maximum atomic E-state index is 9.93. The molecule has 3 rings (SSSR count). The van der Waals surface area contributed by atoms with Gasteiger partial charge in [0.2, 0.25) is 5.95 Å². The van der Waals surface area contributed by atoms with E-state index in [0.29, 0.717) is 17.3 Å². The van der Waals surface area contributed by atoms with Crippen molar-refractivity contribution in [1.82, 2.24) is 15.0 Å². The Morgan fingerprint density at radius 1 is 1.35 bits per heavy atom. The van der Waals surface area contributed by atoms with Gasteiger partial charge in [0.1, 0.15) is 5.92 Å². The predicted octanol–water partition coefficient (Wildman–Crippen LogP) is 2.16. The third-order valence-corrected chi connectivity index (χ3v) is 4.19. The predicted molar refractivity (Wildman–Crippen MR) is 85.7 cm³/mol. The lowest BCUT2D eigenvalue weighted by molar-refractivity contribution is 0.171. The SMILES string of the molecule is Cc1cnc(NC2CCCC2O)nc1C(C#N)c1ccccn1. The van der Waals surface area contributed by atoms with Crippen molar-refractivity contribution in [3.63, 3.8) is 0 Å². The first kappa shape index (κ1) is 15.4. The lowest BCUT2D eigenvalue weighted by Crippen LogP contribution is -2.29. The van der Waals surface area contributed by atoms with Gasteiger partial charge in [-0.25, -0.2) is 9.97 Å². The standard InChI is InChI=1S/C17H19N5O/c1-11-10-20-17(21-14-6-4-7-15(14)23)22-16(11)12(9-18)13-5-2-3-8-19-13/h2-3,5,8,10,12,14-15,23H,4,6-7H2,1H3,(H,20,21,22). The molecule has 0 radical (unpaired) electrons. The highest BCUT2D eigenvalue weighted by Crippen LogP contribution is 2.26. The fourth-order valence-electron chi connectivity index (χ4n) is 2.91. The molecule has 1 aliphatic rings. The molecule has 118 valence electrons. The molecule has 3 unspecified atom stereocenters. The molecule has 2 aromatic rings. The summed E-state index contributed by atoms with van der Waals surface area (Å²) in [6.45, 7) is 1.89. The molecule has 1 aliphatic carbocycles. The molecule has 6 nitrogen and oxygen atoms in total. The number of nitrogens with one attached hydrogen (secondary N) is 1. The van der Waals surface area contributed by atoms with Gasteiger partial charge in [0.15, 0.2) is 0 Å². The number of anilines is 1. The Morgan fingerprint density at radius 3 is 2.87 bits per heavy atom. The zero-order chi connectivity index (χ0) is 16.2. The first-order chi connectivity index (χ1) is 11.2. The van der Waals surface area contributed by atoms with Crippen LogP contribution in [0.1, 0.15) is 42.1 Å². The molecule has 23 heavy (non-hydrogen) atoms. The second kappa shape index (κ2) is 6.71. The highest BCUT2D eigenvalue weighted by Gasteiger charge is 2.26. The molecule has 2 N–H and O–H groups in total. The summed E-state index contributed by atoms with van der Waals surface area (Å²) in [5.74, 6) is -0.0824. The average Bonchev–Trinajstić information content (AvgIpc) is 2.97. The van der Waals surface area contributed by atoms with Crippen molar-refractivity contribution in [2.45, 2.75) is 44.2 Å². The number of aliphatic hydroxyl groups excluding tert-OH is 1. The minimum atomic E-state index is -0.534. The highest BCUT2D eigenvalue weighted by molar-refractivity contribution is 5.39. The van der Waals surface area contributed by atoms with Gasteiger partial charge in [0.25, 0.3) is 0 Å². The second-order valence-corrected chi connectivity index (χ2v) is 5.83. The fraction of sp³-hybridized carbons (Fsp3) is 0.412. The molecular weight excluding hydrogens is 290 g/mol. The van der Waals surface area contributed by atoms with Crippen molar-refractivity contribution in [3.05, 3.63) is 47.5 Å². The summed E-state index contributed by atoms with van der Waals surface area (Å²) >= 11 is 0. The fourth-order valence-corrected chi connectivity index (χ4v) is 2.91. The van der Waals surface area contributed by atoms with Gasteiger partial charge in [-0.1, -0.05) is 6.07 Å². The Morgan fingerprint density at radius 2 is 2.22 bits per heavy atom. The van der Waals surface area contributed by atoms with Crippen molar-refractivity contribution in [1.29, 1.82) is 5.26 Å². The van der Waals surface area contributed by atoms with Gasteiger partial charge in [-0.15, -0.1) is 0 Å². The van der Waals surface area contributed by atoms with E-state index in [-0.39, 0.29) is 12.1 Å². The van der Waals surface area contributed by atoms with Crippen LogP contribution in [-0.2, 0) is 0 Å². The maximum Gasteiger partial charge on any atom is 0.223 e. The molecule has 2 heterocycles. The van der Waals surface area contributed by atoms with Gasteiger partial charge in [0.05, 0.1) is 29.6 Å². The van der Waals surface area contributed by atoms with E-state index >= 15 is 0 Å². The van der Waals surface area contributed by atoms with Gasteiger partial charge < -0.3 is 10.4 Å². The summed E-state index contributed by atoms with van der Waals surface area (Å²) in [6, 6.07) is 7.75. The van der Waals surface area contributed by atoms with E-state index in [1.165, 1.54) is 0 Å². The first-order valence-electron chi connectivity index (χ1n) is 7.77. The minimum Gasteiger partial charge on any atom is -0.391 e. The first-order valence-corrected chi connectivity index (χ1v) is 7.77. The third-order valence-electron chi connectivity index (χ3n) is 4.19. The number of nitriles is 1. The van der Waals surface area contributed by atoms with Crippen LogP contribution in [0.4, 0.5) is 5.95 Å². The molecule has 0 aromatic carbocycles. The van der Waals surface area contributed by atoms with E-state index in [1.807, 2.05) is 25.1 Å². The molecule has 1 saturated carbocycles. The molecule has 0 saturated heterocycles.